The van der Waals surface area contributed by atoms with E-state index in [4.69, 9.17) is 9.26 Å². The highest BCUT2D eigenvalue weighted by atomic mass is 32.2. The molecule has 2 unspecified atom stereocenters. The number of methoxy groups -OCH3 is 1. The molecular weight excluding hydrogens is 386 g/mol. The summed E-state index contributed by atoms with van der Waals surface area (Å²) in [5.74, 6) is 1.89. The van der Waals surface area contributed by atoms with Gasteiger partial charge in [0.15, 0.2) is 0 Å². The molecule has 1 aliphatic heterocycles. The number of rotatable bonds is 6. The highest BCUT2D eigenvalue weighted by Crippen LogP contribution is 2.34. The van der Waals surface area contributed by atoms with Crippen LogP contribution in [0.2, 0.25) is 0 Å². The molecular formula is C22H23N3O3S. The van der Waals surface area contributed by atoms with E-state index in [0.29, 0.717) is 24.7 Å². The molecule has 2 heterocycles. The molecule has 0 aliphatic carbocycles. The third kappa shape index (κ3) is 4.00. The Morgan fingerprint density at radius 3 is 2.55 bits per heavy atom. The predicted octanol–water partition coefficient (Wildman–Crippen LogP) is 4.54. The van der Waals surface area contributed by atoms with Gasteiger partial charge in [-0.15, -0.1) is 11.8 Å². The van der Waals surface area contributed by atoms with Crippen molar-refractivity contribution in [2.45, 2.75) is 30.2 Å². The third-order valence-corrected chi connectivity index (χ3v) is 6.11. The van der Waals surface area contributed by atoms with Crippen molar-refractivity contribution >= 4 is 17.7 Å². The molecule has 3 aromatic rings. The summed E-state index contributed by atoms with van der Waals surface area (Å²) in [4.78, 5) is 20.3. The molecule has 29 heavy (non-hydrogen) atoms. The van der Waals surface area contributed by atoms with Crippen molar-refractivity contribution in [1.82, 2.24) is 15.0 Å². The van der Waals surface area contributed by atoms with Gasteiger partial charge < -0.3 is 14.2 Å². The molecule has 1 aliphatic rings. The SMILES string of the molecule is COc1ccc(C(C)N2CC(c3nc(-c4ccc(SC)cc4)no3)CC2=O)cc1. The highest BCUT2D eigenvalue weighted by Gasteiger charge is 2.37. The number of hydrogen-bond donors (Lipinski definition) is 0. The number of ether oxygens (including phenoxy) is 1. The lowest BCUT2D eigenvalue weighted by Gasteiger charge is -2.25. The van der Waals surface area contributed by atoms with Crippen molar-refractivity contribution < 1.29 is 14.1 Å². The molecule has 0 spiro atoms. The standard InChI is InChI=1S/C22H23N3O3S/c1-14(15-4-8-18(27-2)9-5-15)25-13-17(12-20(25)26)22-23-21(24-28-22)16-6-10-19(29-3)11-7-16/h4-11,14,17H,12-13H2,1-3H3. The zero-order valence-corrected chi connectivity index (χ0v) is 17.5. The molecule has 1 amide bonds. The lowest BCUT2D eigenvalue weighted by atomic mass is 10.1. The van der Waals surface area contributed by atoms with Gasteiger partial charge >= 0.3 is 0 Å². The Morgan fingerprint density at radius 2 is 1.90 bits per heavy atom. The average molecular weight is 410 g/mol. The molecule has 0 N–H and O–H groups in total. The van der Waals surface area contributed by atoms with E-state index in [0.717, 1.165) is 16.9 Å². The van der Waals surface area contributed by atoms with Crippen LogP contribution in [0.25, 0.3) is 11.4 Å². The van der Waals surface area contributed by atoms with Gasteiger partial charge in [0.05, 0.1) is 19.1 Å². The molecule has 1 aromatic heterocycles. The van der Waals surface area contributed by atoms with Crippen LogP contribution >= 0.6 is 11.8 Å². The molecule has 0 bridgehead atoms. The minimum atomic E-state index is -0.0880. The van der Waals surface area contributed by atoms with E-state index in [-0.39, 0.29) is 17.9 Å². The summed E-state index contributed by atoms with van der Waals surface area (Å²) in [6.07, 6.45) is 2.42. The summed E-state index contributed by atoms with van der Waals surface area (Å²) in [5.41, 5.74) is 1.98. The topological polar surface area (TPSA) is 68.5 Å². The van der Waals surface area contributed by atoms with Crippen LogP contribution in [-0.2, 0) is 4.79 Å². The van der Waals surface area contributed by atoms with Gasteiger partial charge in [-0.3, -0.25) is 4.79 Å². The molecule has 4 rings (SSSR count). The Labute approximate surface area is 174 Å². The second-order valence-electron chi connectivity index (χ2n) is 7.08. The van der Waals surface area contributed by atoms with Gasteiger partial charge in [0.2, 0.25) is 17.6 Å². The van der Waals surface area contributed by atoms with Crippen LogP contribution in [0, 0.1) is 0 Å². The summed E-state index contributed by atoms with van der Waals surface area (Å²) in [7, 11) is 1.64. The number of carbonyl (C=O) groups excluding carboxylic acids is 1. The molecule has 0 saturated carbocycles. The van der Waals surface area contributed by atoms with Gasteiger partial charge in [-0.2, -0.15) is 4.98 Å². The summed E-state index contributed by atoms with van der Waals surface area (Å²) >= 11 is 1.69. The van der Waals surface area contributed by atoms with Crippen LogP contribution in [0.15, 0.2) is 57.9 Å². The minimum Gasteiger partial charge on any atom is -0.497 e. The summed E-state index contributed by atoms with van der Waals surface area (Å²) in [6.45, 7) is 2.60. The van der Waals surface area contributed by atoms with Crippen LogP contribution in [0.4, 0.5) is 0 Å². The van der Waals surface area contributed by atoms with Crippen LogP contribution in [0.1, 0.15) is 36.8 Å². The Morgan fingerprint density at radius 1 is 1.17 bits per heavy atom. The maximum Gasteiger partial charge on any atom is 0.232 e. The van der Waals surface area contributed by atoms with Crippen LogP contribution in [0.5, 0.6) is 5.75 Å². The first-order chi connectivity index (χ1) is 14.1. The van der Waals surface area contributed by atoms with Gasteiger partial charge in [0.1, 0.15) is 5.75 Å². The monoisotopic (exact) mass is 409 g/mol. The zero-order valence-electron chi connectivity index (χ0n) is 16.7. The van der Waals surface area contributed by atoms with Crippen molar-refractivity contribution in [3.8, 4) is 17.1 Å². The first-order valence-corrected chi connectivity index (χ1v) is 10.7. The van der Waals surface area contributed by atoms with E-state index in [9.17, 15) is 4.79 Å². The van der Waals surface area contributed by atoms with Gasteiger partial charge in [0.25, 0.3) is 0 Å². The van der Waals surface area contributed by atoms with E-state index >= 15 is 0 Å². The summed E-state index contributed by atoms with van der Waals surface area (Å²) < 4.78 is 10.7. The van der Waals surface area contributed by atoms with Crippen LogP contribution in [-0.4, -0.2) is 40.9 Å². The molecule has 2 atom stereocenters. The van der Waals surface area contributed by atoms with Gasteiger partial charge in [0, 0.05) is 23.4 Å². The highest BCUT2D eigenvalue weighted by molar-refractivity contribution is 7.98. The number of aromatic nitrogens is 2. The molecule has 0 radical (unpaired) electrons. The number of amides is 1. The number of carbonyl (C=O) groups is 1. The summed E-state index contributed by atoms with van der Waals surface area (Å²) in [5, 5.41) is 4.12. The van der Waals surface area contributed by atoms with Crippen molar-refractivity contribution in [1.29, 1.82) is 0 Å². The Balaban J connectivity index is 1.48. The molecule has 1 saturated heterocycles. The number of nitrogens with zero attached hydrogens (tertiary/aromatic N) is 3. The van der Waals surface area contributed by atoms with Crippen molar-refractivity contribution in [2.75, 3.05) is 19.9 Å². The van der Waals surface area contributed by atoms with E-state index < -0.39 is 0 Å². The second-order valence-corrected chi connectivity index (χ2v) is 7.96. The normalized spacial score (nSPS) is 17.6. The minimum absolute atomic E-state index is 0.0279. The fraction of sp³-hybridized carbons (Fsp3) is 0.318. The average Bonchev–Trinajstić information content (AvgIpc) is 3.40. The number of likely N-dealkylation sites (tertiary alicyclic amines) is 1. The zero-order chi connectivity index (χ0) is 20.4. The van der Waals surface area contributed by atoms with E-state index in [1.807, 2.05) is 66.6 Å². The molecule has 6 nitrogen and oxygen atoms in total. The smallest absolute Gasteiger partial charge is 0.232 e. The summed E-state index contributed by atoms with van der Waals surface area (Å²) in [6, 6.07) is 15.8. The van der Waals surface area contributed by atoms with Crippen molar-refractivity contribution in [3.63, 3.8) is 0 Å². The van der Waals surface area contributed by atoms with Gasteiger partial charge in [-0.25, -0.2) is 0 Å². The van der Waals surface area contributed by atoms with Crippen molar-refractivity contribution in [3.05, 3.63) is 60.0 Å². The lowest BCUT2D eigenvalue weighted by Crippen LogP contribution is -2.28. The molecule has 1 fully saturated rings. The second kappa shape index (κ2) is 8.29. The Bertz CT molecular complexity index is 985. The van der Waals surface area contributed by atoms with E-state index in [1.54, 1.807) is 18.9 Å². The van der Waals surface area contributed by atoms with Crippen molar-refractivity contribution in [2.24, 2.45) is 0 Å². The first-order valence-electron chi connectivity index (χ1n) is 9.50. The maximum absolute atomic E-state index is 12.7. The van der Waals surface area contributed by atoms with Gasteiger partial charge in [-0.05, 0) is 55.1 Å². The predicted molar refractivity (Wildman–Crippen MR) is 112 cm³/mol. The first kappa shape index (κ1) is 19.5. The van der Waals surface area contributed by atoms with Gasteiger partial charge in [-0.1, -0.05) is 17.3 Å². The van der Waals surface area contributed by atoms with Crippen LogP contribution in [0.3, 0.4) is 0 Å². The van der Waals surface area contributed by atoms with Crippen LogP contribution < -0.4 is 4.74 Å². The van der Waals surface area contributed by atoms with E-state index in [1.165, 1.54) is 4.90 Å². The molecule has 2 aromatic carbocycles. The Hall–Kier alpha value is -2.80. The quantitative estimate of drug-likeness (QED) is 0.557. The maximum atomic E-state index is 12.7. The largest absolute Gasteiger partial charge is 0.497 e. The number of benzene rings is 2. The number of thioether (sulfide) groups is 1. The third-order valence-electron chi connectivity index (χ3n) is 5.36. The fourth-order valence-electron chi connectivity index (χ4n) is 3.59. The molecule has 150 valence electrons. The molecule has 7 heteroatoms. The fourth-order valence-corrected chi connectivity index (χ4v) is 4.00. The Kier molecular flexibility index (Phi) is 5.58. The number of hydrogen-bond acceptors (Lipinski definition) is 6. The lowest BCUT2D eigenvalue weighted by molar-refractivity contribution is -0.129. The van der Waals surface area contributed by atoms with E-state index in [2.05, 4.69) is 10.1 Å².